The molecule has 0 atom stereocenters. The van der Waals surface area contributed by atoms with Gasteiger partial charge in [-0.2, -0.15) is 0 Å². The van der Waals surface area contributed by atoms with Crippen molar-refractivity contribution in [1.82, 2.24) is 15.1 Å². The number of anilines is 1. The monoisotopic (exact) mass is 332 g/mol. The second-order valence-electron chi connectivity index (χ2n) is 5.00. The van der Waals surface area contributed by atoms with Crippen LogP contribution in [0.15, 0.2) is 46.8 Å². The van der Waals surface area contributed by atoms with Crippen molar-refractivity contribution in [2.45, 2.75) is 16.5 Å². The van der Waals surface area contributed by atoms with E-state index in [4.69, 9.17) is 0 Å². The van der Waals surface area contributed by atoms with E-state index in [-0.39, 0.29) is 6.03 Å². The van der Waals surface area contributed by atoms with E-state index in [1.807, 2.05) is 18.2 Å². The second kappa shape index (κ2) is 6.93. The minimum atomic E-state index is -0.130. The van der Waals surface area contributed by atoms with Crippen LogP contribution in [0, 0.1) is 0 Å². The zero-order chi connectivity index (χ0) is 15.4. The minimum absolute atomic E-state index is 0.130. The summed E-state index contributed by atoms with van der Waals surface area (Å²) in [7, 11) is 0. The van der Waals surface area contributed by atoms with Crippen LogP contribution in [0.2, 0.25) is 0 Å². The Balaban J connectivity index is 1.52. The third kappa shape index (κ3) is 3.86. The summed E-state index contributed by atoms with van der Waals surface area (Å²) in [5.74, 6) is 0.843. The molecule has 0 aliphatic carbocycles. The summed E-state index contributed by atoms with van der Waals surface area (Å²) in [6, 6.07) is 10.1. The van der Waals surface area contributed by atoms with E-state index in [2.05, 4.69) is 34.2 Å². The molecule has 1 aromatic carbocycles. The van der Waals surface area contributed by atoms with Gasteiger partial charge in [-0.1, -0.05) is 65.6 Å². The Morgan fingerprint density at radius 3 is 2.91 bits per heavy atom. The maximum absolute atomic E-state index is 12.1. The van der Waals surface area contributed by atoms with Crippen molar-refractivity contribution >= 4 is 34.3 Å². The highest BCUT2D eigenvalue weighted by Gasteiger charge is 2.21. The van der Waals surface area contributed by atoms with Crippen LogP contribution >= 0.6 is 23.1 Å². The summed E-state index contributed by atoms with van der Waals surface area (Å²) >= 11 is 3.02. The molecular formula is C15H16N4OS2. The number of hydrogen-bond acceptors (Lipinski definition) is 5. The van der Waals surface area contributed by atoms with Crippen LogP contribution in [0.4, 0.5) is 9.93 Å². The maximum atomic E-state index is 12.1. The van der Waals surface area contributed by atoms with Crippen molar-refractivity contribution in [2.24, 2.45) is 0 Å². The lowest BCUT2D eigenvalue weighted by Crippen LogP contribution is -2.32. The van der Waals surface area contributed by atoms with Gasteiger partial charge in [0.25, 0.3) is 0 Å². The molecule has 7 heteroatoms. The number of hydrogen-bond donors (Lipinski definition) is 1. The molecule has 0 saturated carbocycles. The molecule has 2 heterocycles. The van der Waals surface area contributed by atoms with Gasteiger partial charge in [-0.25, -0.2) is 4.79 Å². The smallest absolute Gasteiger partial charge is 0.320 e. The first-order valence-electron chi connectivity index (χ1n) is 6.93. The lowest BCUT2D eigenvalue weighted by Gasteiger charge is -2.14. The molecular weight excluding hydrogens is 316 g/mol. The van der Waals surface area contributed by atoms with E-state index in [0.717, 1.165) is 28.6 Å². The fourth-order valence-electron chi connectivity index (χ4n) is 2.10. The Hall–Kier alpha value is -1.86. The third-order valence-corrected chi connectivity index (χ3v) is 5.31. The van der Waals surface area contributed by atoms with Crippen LogP contribution in [-0.4, -0.2) is 34.2 Å². The Morgan fingerprint density at radius 1 is 1.36 bits per heavy atom. The zero-order valence-corrected chi connectivity index (χ0v) is 13.6. The number of rotatable bonds is 4. The molecule has 1 saturated heterocycles. The van der Waals surface area contributed by atoms with E-state index in [1.54, 1.807) is 16.7 Å². The zero-order valence-electron chi connectivity index (χ0n) is 12.0. The average Bonchev–Trinajstić information content (AvgIpc) is 3.15. The number of nitrogens with one attached hydrogen (secondary N) is 1. The van der Waals surface area contributed by atoms with Crippen LogP contribution in [0.1, 0.15) is 12.0 Å². The van der Waals surface area contributed by atoms with Gasteiger partial charge in [-0.15, -0.1) is 10.2 Å². The highest BCUT2D eigenvalue weighted by atomic mass is 32.2. The van der Waals surface area contributed by atoms with Crippen LogP contribution in [0.5, 0.6) is 0 Å². The largest absolute Gasteiger partial charge is 0.323 e. The quantitative estimate of drug-likeness (QED) is 0.528. The minimum Gasteiger partial charge on any atom is -0.320 e. The Kier molecular flexibility index (Phi) is 4.74. The summed E-state index contributed by atoms with van der Waals surface area (Å²) in [4.78, 5) is 13.8. The molecule has 5 nitrogen and oxygen atoms in total. The SMILES string of the molecule is C=C1CCN(C(=O)Nc2nnc(SCc3ccccc3)s2)C1. The summed E-state index contributed by atoms with van der Waals surface area (Å²) in [5.41, 5.74) is 2.33. The fraction of sp³-hybridized carbons (Fsp3) is 0.267. The normalized spacial score (nSPS) is 14.4. The van der Waals surface area contributed by atoms with E-state index in [0.29, 0.717) is 11.7 Å². The Labute approximate surface area is 137 Å². The van der Waals surface area contributed by atoms with Crippen molar-refractivity contribution in [2.75, 3.05) is 18.4 Å². The molecule has 1 aliphatic heterocycles. The van der Waals surface area contributed by atoms with Crippen molar-refractivity contribution in [3.05, 3.63) is 48.0 Å². The molecule has 0 bridgehead atoms. The van der Waals surface area contributed by atoms with Gasteiger partial charge < -0.3 is 4.90 Å². The molecule has 1 aromatic heterocycles. The highest BCUT2D eigenvalue weighted by molar-refractivity contribution is 8.00. The molecule has 2 amide bonds. The lowest BCUT2D eigenvalue weighted by atomic mass is 10.2. The molecule has 3 rings (SSSR count). The fourth-order valence-corrected chi connectivity index (χ4v) is 3.80. The van der Waals surface area contributed by atoms with Crippen molar-refractivity contribution in [3.63, 3.8) is 0 Å². The second-order valence-corrected chi connectivity index (χ2v) is 7.20. The number of likely N-dealkylation sites (tertiary alicyclic amines) is 1. The number of carbonyl (C=O) groups is 1. The topological polar surface area (TPSA) is 58.1 Å². The van der Waals surface area contributed by atoms with Crippen LogP contribution in [0.25, 0.3) is 0 Å². The number of thioether (sulfide) groups is 1. The van der Waals surface area contributed by atoms with Gasteiger partial charge in [0.15, 0.2) is 4.34 Å². The van der Waals surface area contributed by atoms with E-state index >= 15 is 0 Å². The highest BCUT2D eigenvalue weighted by Crippen LogP contribution is 2.28. The summed E-state index contributed by atoms with van der Waals surface area (Å²) in [6.07, 6.45) is 0.877. The van der Waals surface area contributed by atoms with E-state index in [1.165, 1.54) is 16.9 Å². The average molecular weight is 332 g/mol. The first kappa shape index (κ1) is 15.1. The van der Waals surface area contributed by atoms with Gasteiger partial charge in [-0.3, -0.25) is 5.32 Å². The van der Waals surface area contributed by atoms with E-state index in [9.17, 15) is 4.79 Å². The van der Waals surface area contributed by atoms with Crippen molar-refractivity contribution in [1.29, 1.82) is 0 Å². The molecule has 0 spiro atoms. The van der Waals surface area contributed by atoms with Crippen molar-refractivity contribution < 1.29 is 4.79 Å². The molecule has 22 heavy (non-hydrogen) atoms. The van der Waals surface area contributed by atoms with Crippen molar-refractivity contribution in [3.8, 4) is 0 Å². The van der Waals surface area contributed by atoms with E-state index < -0.39 is 0 Å². The number of benzene rings is 1. The number of urea groups is 1. The standard InChI is InChI=1S/C15H16N4OS2/c1-11-7-8-19(9-11)14(20)16-13-17-18-15(22-13)21-10-12-5-3-2-4-6-12/h2-6H,1,7-10H2,(H,16,17,20). The number of nitrogens with zero attached hydrogens (tertiary/aromatic N) is 3. The number of amides is 2. The Bertz CT molecular complexity index is 671. The number of aromatic nitrogens is 2. The maximum Gasteiger partial charge on any atom is 0.323 e. The summed E-state index contributed by atoms with van der Waals surface area (Å²) in [6.45, 7) is 5.25. The third-order valence-electron chi connectivity index (χ3n) is 3.26. The molecule has 1 N–H and O–H groups in total. The van der Waals surface area contributed by atoms with Gasteiger partial charge in [0.1, 0.15) is 0 Å². The summed E-state index contributed by atoms with van der Waals surface area (Å²) in [5, 5.41) is 11.5. The van der Waals surface area contributed by atoms with Gasteiger partial charge in [-0.05, 0) is 12.0 Å². The van der Waals surface area contributed by atoms with Crippen LogP contribution in [-0.2, 0) is 5.75 Å². The van der Waals surface area contributed by atoms with Gasteiger partial charge in [0.05, 0.1) is 0 Å². The molecule has 0 radical (unpaired) electrons. The molecule has 1 aliphatic rings. The Morgan fingerprint density at radius 2 is 2.18 bits per heavy atom. The molecule has 2 aromatic rings. The van der Waals surface area contributed by atoms with Gasteiger partial charge in [0, 0.05) is 18.8 Å². The predicted octanol–water partition coefficient (Wildman–Crippen LogP) is 3.62. The number of carbonyl (C=O) groups excluding carboxylic acids is 1. The van der Waals surface area contributed by atoms with Gasteiger partial charge in [0.2, 0.25) is 5.13 Å². The first-order chi connectivity index (χ1) is 10.7. The molecule has 0 unspecified atom stereocenters. The molecule has 1 fully saturated rings. The van der Waals surface area contributed by atoms with Crippen LogP contribution < -0.4 is 5.32 Å². The lowest BCUT2D eigenvalue weighted by molar-refractivity contribution is 0.223. The molecule has 114 valence electrons. The summed E-state index contributed by atoms with van der Waals surface area (Å²) < 4.78 is 0.852. The van der Waals surface area contributed by atoms with Gasteiger partial charge >= 0.3 is 6.03 Å². The van der Waals surface area contributed by atoms with Crippen LogP contribution in [0.3, 0.4) is 0 Å². The first-order valence-corrected chi connectivity index (χ1v) is 8.74. The predicted molar refractivity (Wildman–Crippen MR) is 90.3 cm³/mol.